The third-order valence-electron chi connectivity index (χ3n) is 6.70. The van der Waals surface area contributed by atoms with Crippen LogP contribution in [-0.4, -0.2) is 54.0 Å². The van der Waals surface area contributed by atoms with Crippen LogP contribution < -0.4 is 5.32 Å². The molecule has 1 saturated carbocycles. The van der Waals surface area contributed by atoms with Crippen molar-refractivity contribution in [3.05, 3.63) is 28.0 Å². The number of nitrogens with one attached hydrogen (secondary N) is 1. The van der Waals surface area contributed by atoms with Gasteiger partial charge in [0.15, 0.2) is 0 Å². The number of halogens is 4. The lowest BCUT2D eigenvalue weighted by Crippen LogP contribution is -2.68. The van der Waals surface area contributed by atoms with Gasteiger partial charge in [0.25, 0.3) is 0 Å². The van der Waals surface area contributed by atoms with Crippen LogP contribution >= 0.6 is 22.6 Å². The molecule has 2 saturated heterocycles. The molecule has 4 nitrogen and oxygen atoms in total. The number of likely N-dealkylation sites (tertiary alicyclic amines) is 1. The SMILES string of the molecule is FC(F)(F)Cn1c(I)cc2c(N[C@H]3CC[C@H](N4CC5(COC5)C4)CC3)cccc21. The number of hydrogen-bond acceptors (Lipinski definition) is 3. The molecule has 5 rings (SSSR count). The van der Waals surface area contributed by atoms with Crippen molar-refractivity contribution < 1.29 is 17.9 Å². The van der Waals surface area contributed by atoms with Gasteiger partial charge in [0.1, 0.15) is 6.54 Å². The summed E-state index contributed by atoms with van der Waals surface area (Å²) in [7, 11) is 0. The van der Waals surface area contributed by atoms with Crippen LogP contribution in [0.2, 0.25) is 0 Å². The Kier molecular flexibility index (Phi) is 5.02. The molecule has 1 N–H and O–H groups in total. The highest BCUT2D eigenvalue weighted by Crippen LogP contribution is 2.41. The van der Waals surface area contributed by atoms with Gasteiger partial charge < -0.3 is 14.6 Å². The highest BCUT2D eigenvalue weighted by molar-refractivity contribution is 14.1. The normalized spacial score (nSPS) is 27.0. The minimum absolute atomic E-state index is 0.378. The quantitative estimate of drug-likeness (QED) is 0.586. The third-order valence-corrected chi connectivity index (χ3v) is 7.59. The maximum Gasteiger partial charge on any atom is 0.406 e. The zero-order chi connectivity index (χ0) is 20.2. The number of rotatable bonds is 4. The van der Waals surface area contributed by atoms with E-state index in [1.807, 2.05) is 40.8 Å². The summed E-state index contributed by atoms with van der Waals surface area (Å²) in [6, 6.07) is 8.51. The molecule has 1 aromatic heterocycles. The van der Waals surface area contributed by atoms with Gasteiger partial charge in [0, 0.05) is 41.7 Å². The molecule has 3 aliphatic rings. The van der Waals surface area contributed by atoms with Crippen LogP contribution in [0.15, 0.2) is 24.3 Å². The lowest BCUT2D eigenvalue weighted by Gasteiger charge is -2.58. The summed E-state index contributed by atoms with van der Waals surface area (Å²) in [5.41, 5.74) is 2.05. The third kappa shape index (κ3) is 3.87. The van der Waals surface area contributed by atoms with E-state index in [1.54, 1.807) is 6.07 Å². The number of anilines is 1. The minimum Gasteiger partial charge on any atom is -0.382 e. The van der Waals surface area contributed by atoms with Crippen LogP contribution in [0.25, 0.3) is 10.9 Å². The highest BCUT2D eigenvalue weighted by Gasteiger charge is 2.50. The summed E-state index contributed by atoms with van der Waals surface area (Å²) in [5.74, 6) is 0. The molecule has 8 heteroatoms. The molecule has 1 aromatic carbocycles. The van der Waals surface area contributed by atoms with E-state index in [9.17, 15) is 13.2 Å². The Balaban J connectivity index is 1.24. The molecule has 0 radical (unpaired) electrons. The van der Waals surface area contributed by atoms with E-state index in [4.69, 9.17) is 4.74 Å². The van der Waals surface area contributed by atoms with Gasteiger partial charge in [0.05, 0.1) is 22.4 Å². The molecule has 0 unspecified atom stereocenters. The number of nitrogens with zero attached hydrogens (tertiary/aromatic N) is 2. The molecule has 3 heterocycles. The van der Waals surface area contributed by atoms with E-state index in [2.05, 4.69) is 10.2 Å². The zero-order valence-corrected chi connectivity index (χ0v) is 18.3. The summed E-state index contributed by atoms with van der Waals surface area (Å²) in [4.78, 5) is 2.61. The fourth-order valence-corrected chi connectivity index (χ4v) is 5.91. The van der Waals surface area contributed by atoms with Crippen molar-refractivity contribution >= 4 is 39.2 Å². The fourth-order valence-electron chi connectivity index (χ4n) is 5.17. The van der Waals surface area contributed by atoms with Gasteiger partial charge in [-0.2, -0.15) is 13.2 Å². The molecule has 1 spiro atoms. The molecule has 3 fully saturated rings. The van der Waals surface area contributed by atoms with E-state index >= 15 is 0 Å². The smallest absolute Gasteiger partial charge is 0.382 e. The largest absolute Gasteiger partial charge is 0.406 e. The number of benzene rings is 1. The first-order chi connectivity index (χ1) is 13.8. The number of fused-ring (bicyclic) bond motifs is 1. The van der Waals surface area contributed by atoms with Crippen LogP contribution in [-0.2, 0) is 11.3 Å². The predicted octanol–water partition coefficient (Wildman–Crippen LogP) is 4.86. The number of aromatic nitrogens is 1. The number of hydrogen-bond donors (Lipinski definition) is 1. The standard InChI is InChI=1S/C21H25F3IN3O/c22-21(23,24)11-28-18-3-1-2-17(16(18)8-19(28)25)26-14-4-6-15(7-5-14)27-9-20(10-27)12-29-13-20/h1-3,8,14-15,26H,4-7,9-13H2/t14-,15-. The minimum atomic E-state index is -4.23. The van der Waals surface area contributed by atoms with E-state index in [-0.39, 0.29) is 0 Å². The second-order valence-corrected chi connectivity index (χ2v) is 10.1. The van der Waals surface area contributed by atoms with E-state index < -0.39 is 12.7 Å². The number of alkyl halides is 3. The van der Waals surface area contributed by atoms with Gasteiger partial charge in [-0.3, -0.25) is 4.90 Å². The molecule has 0 atom stereocenters. The first kappa shape index (κ1) is 19.9. The zero-order valence-electron chi connectivity index (χ0n) is 16.1. The first-order valence-electron chi connectivity index (χ1n) is 10.2. The summed E-state index contributed by atoms with van der Waals surface area (Å²) in [5, 5.41) is 4.50. The Labute approximate surface area is 181 Å². The Bertz CT molecular complexity index is 892. The average molecular weight is 519 g/mol. The molecular weight excluding hydrogens is 494 g/mol. The van der Waals surface area contributed by atoms with Crippen molar-refractivity contribution in [2.75, 3.05) is 31.6 Å². The Hall–Kier alpha value is -1.00. The van der Waals surface area contributed by atoms with Crippen molar-refractivity contribution in [3.8, 4) is 0 Å². The van der Waals surface area contributed by atoms with Crippen molar-refractivity contribution in [3.63, 3.8) is 0 Å². The molecule has 0 amide bonds. The molecule has 29 heavy (non-hydrogen) atoms. The van der Waals surface area contributed by atoms with Gasteiger partial charge in [-0.1, -0.05) is 6.07 Å². The van der Waals surface area contributed by atoms with Crippen LogP contribution in [0.3, 0.4) is 0 Å². The second-order valence-electron chi connectivity index (χ2n) is 8.95. The lowest BCUT2D eigenvalue weighted by atomic mass is 9.75. The monoisotopic (exact) mass is 519 g/mol. The molecule has 0 bridgehead atoms. The molecule has 1 aliphatic carbocycles. The average Bonchev–Trinajstić information content (AvgIpc) is 2.89. The Morgan fingerprint density at radius 3 is 2.48 bits per heavy atom. The Morgan fingerprint density at radius 1 is 1.14 bits per heavy atom. The van der Waals surface area contributed by atoms with E-state index in [1.165, 1.54) is 30.5 Å². The van der Waals surface area contributed by atoms with Crippen LogP contribution in [0, 0.1) is 9.12 Å². The van der Waals surface area contributed by atoms with Gasteiger partial charge in [-0.15, -0.1) is 0 Å². The van der Waals surface area contributed by atoms with Gasteiger partial charge in [-0.25, -0.2) is 0 Å². The molecule has 2 aliphatic heterocycles. The maximum absolute atomic E-state index is 13.0. The summed E-state index contributed by atoms with van der Waals surface area (Å²) < 4.78 is 46.2. The van der Waals surface area contributed by atoms with Crippen molar-refractivity contribution in [2.45, 2.75) is 50.5 Å². The van der Waals surface area contributed by atoms with Gasteiger partial charge in [0.2, 0.25) is 0 Å². The van der Waals surface area contributed by atoms with Crippen LogP contribution in [0.5, 0.6) is 0 Å². The molecule has 158 valence electrons. The summed E-state index contributed by atoms with van der Waals surface area (Å²) in [6.07, 6.45) is 0.325. The van der Waals surface area contributed by atoms with Gasteiger partial charge >= 0.3 is 6.18 Å². The van der Waals surface area contributed by atoms with Crippen LogP contribution in [0.1, 0.15) is 25.7 Å². The van der Waals surface area contributed by atoms with E-state index in [0.29, 0.717) is 26.7 Å². The predicted molar refractivity (Wildman–Crippen MR) is 115 cm³/mol. The summed E-state index contributed by atoms with van der Waals surface area (Å²) >= 11 is 1.99. The van der Waals surface area contributed by atoms with Crippen LogP contribution in [0.4, 0.5) is 18.9 Å². The number of ether oxygens (including phenoxy) is 1. The van der Waals surface area contributed by atoms with Crippen molar-refractivity contribution in [1.29, 1.82) is 0 Å². The first-order valence-corrected chi connectivity index (χ1v) is 11.3. The van der Waals surface area contributed by atoms with E-state index in [0.717, 1.165) is 37.1 Å². The Morgan fingerprint density at radius 2 is 1.86 bits per heavy atom. The topological polar surface area (TPSA) is 29.4 Å². The molecular formula is C21H25F3IN3O. The lowest BCUT2D eigenvalue weighted by molar-refractivity contribution is -0.200. The maximum atomic E-state index is 13.0. The second kappa shape index (κ2) is 7.30. The molecule has 2 aromatic rings. The highest BCUT2D eigenvalue weighted by atomic mass is 127. The van der Waals surface area contributed by atoms with Crippen molar-refractivity contribution in [1.82, 2.24) is 9.47 Å². The van der Waals surface area contributed by atoms with Gasteiger partial charge in [-0.05, 0) is 66.5 Å². The summed E-state index contributed by atoms with van der Waals surface area (Å²) in [6.45, 7) is 3.26. The fraction of sp³-hybridized carbons (Fsp3) is 0.619. The van der Waals surface area contributed by atoms with Crippen molar-refractivity contribution in [2.24, 2.45) is 5.41 Å².